The molecule has 0 saturated carbocycles. The van der Waals surface area contributed by atoms with Gasteiger partial charge in [0.2, 0.25) is 0 Å². The van der Waals surface area contributed by atoms with Crippen molar-refractivity contribution in [3.63, 3.8) is 0 Å². The SMILES string of the molecule is CCNC(=NCc1c(CC)noc1CC)NCC(c1cnn(C)c1)N(C)C. The van der Waals surface area contributed by atoms with E-state index in [4.69, 9.17) is 9.52 Å². The first-order valence-corrected chi connectivity index (χ1v) is 9.63. The molecule has 0 fully saturated rings. The minimum Gasteiger partial charge on any atom is -0.361 e. The van der Waals surface area contributed by atoms with Gasteiger partial charge in [0.05, 0.1) is 24.5 Å². The van der Waals surface area contributed by atoms with Gasteiger partial charge in [-0.05, 0) is 27.4 Å². The molecule has 150 valence electrons. The molecule has 1 unspecified atom stereocenters. The highest BCUT2D eigenvalue weighted by molar-refractivity contribution is 5.79. The van der Waals surface area contributed by atoms with Crippen molar-refractivity contribution >= 4 is 5.96 Å². The average molecular weight is 376 g/mol. The lowest BCUT2D eigenvalue weighted by Gasteiger charge is -2.24. The second-order valence-corrected chi connectivity index (χ2v) is 6.74. The molecular weight excluding hydrogens is 342 g/mol. The van der Waals surface area contributed by atoms with Crippen molar-refractivity contribution in [1.82, 2.24) is 30.5 Å². The normalized spacial score (nSPS) is 13.2. The van der Waals surface area contributed by atoms with E-state index in [-0.39, 0.29) is 6.04 Å². The third kappa shape index (κ3) is 5.56. The van der Waals surface area contributed by atoms with Gasteiger partial charge in [0.15, 0.2) is 5.96 Å². The molecule has 8 heteroatoms. The first-order chi connectivity index (χ1) is 13.0. The molecule has 0 aliphatic rings. The minimum absolute atomic E-state index is 0.204. The Morgan fingerprint density at radius 3 is 2.59 bits per heavy atom. The zero-order valence-corrected chi connectivity index (χ0v) is 17.4. The van der Waals surface area contributed by atoms with Gasteiger partial charge in [0.25, 0.3) is 0 Å². The number of aromatic nitrogens is 3. The van der Waals surface area contributed by atoms with Crippen LogP contribution in [0, 0.1) is 0 Å². The van der Waals surface area contributed by atoms with Crippen molar-refractivity contribution < 1.29 is 4.52 Å². The average Bonchev–Trinajstić information content (AvgIpc) is 3.24. The van der Waals surface area contributed by atoms with E-state index in [2.05, 4.69) is 66.9 Å². The quantitative estimate of drug-likeness (QED) is 0.514. The van der Waals surface area contributed by atoms with Gasteiger partial charge in [-0.2, -0.15) is 5.10 Å². The molecule has 2 heterocycles. The highest BCUT2D eigenvalue weighted by Gasteiger charge is 2.17. The van der Waals surface area contributed by atoms with Crippen molar-refractivity contribution in [2.45, 2.75) is 46.2 Å². The predicted molar refractivity (Wildman–Crippen MR) is 108 cm³/mol. The molecule has 1 atom stereocenters. The van der Waals surface area contributed by atoms with Gasteiger partial charge in [-0.3, -0.25) is 4.68 Å². The second kappa shape index (κ2) is 10.1. The van der Waals surface area contributed by atoms with Crippen LogP contribution in [-0.4, -0.2) is 53.0 Å². The van der Waals surface area contributed by atoms with Gasteiger partial charge < -0.3 is 20.1 Å². The number of hydrogen-bond acceptors (Lipinski definition) is 5. The van der Waals surface area contributed by atoms with E-state index < -0.39 is 0 Å². The number of aliphatic imine (C=N–C) groups is 1. The Bertz CT molecular complexity index is 711. The molecule has 0 radical (unpaired) electrons. The number of nitrogens with zero attached hydrogens (tertiary/aromatic N) is 5. The van der Waals surface area contributed by atoms with E-state index in [1.165, 1.54) is 5.56 Å². The highest BCUT2D eigenvalue weighted by atomic mass is 16.5. The molecule has 8 nitrogen and oxygen atoms in total. The summed E-state index contributed by atoms with van der Waals surface area (Å²) in [7, 11) is 6.08. The summed E-state index contributed by atoms with van der Waals surface area (Å²) in [5, 5.41) is 15.2. The lowest BCUT2D eigenvalue weighted by atomic mass is 10.1. The highest BCUT2D eigenvalue weighted by Crippen LogP contribution is 2.18. The van der Waals surface area contributed by atoms with Crippen LogP contribution in [0.5, 0.6) is 0 Å². The summed E-state index contributed by atoms with van der Waals surface area (Å²) < 4.78 is 7.27. The van der Waals surface area contributed by atoms with Crippen LogP contribution in [0.15, 0.2) is 21.9 Å². The van der Waals surface area contributed by atoms with Crippen molar-refractivity contribution in [2.75, 3.05) is 27.2 Å². The fourth-order valence-electron chi connectivity index (χ4n) is 3.02. The number of guanidine groups is 1. The van der Waals surface area contributed by atoms with Crippen LogP contribution in [0.1, 0.15) is 49.4 Å². The van der Waals surface area contributed by atoms with Gasteiger partial charge >= 0.3 is 0 Å². The van der Waals surface area contributed by atoms with Gasteiger partial charge in [0.1, 0.15) is 5.76 Å². The van der Waals surface area contributed by atoms with E-state index in [9.17, 15) is 0 Å². The molecule has 0 spiro atoms. The zero-order valence-electron chi connectivity index (χ0n) is 17.4. The first kappa shape index (κ1) is 21.0. The van der Waals surface area contributed by atoms with Crippen LogP contribution in [0.2, 0.25) is 0 Å². The van der Waals surface area contributed by atoms with Crippen molar-refractivity contribution in [2.24, 2.45) is 12.0 Å². The summed E-state index contributed by atoms with van der Waals surface area (Å²) in [6.07, 6.45) is 5.64. The summed E-state index contributed by atoms with van der Waals surface area (Å²) in [5.41, 5.74) is 3.27. The lowest BCUT2D eigenvalue weighted by Crippen LogP contribution is -2.41. The van der Waals surface area contributed by atoms with Crippen LogP contribution >= 0.6 is 0 Å². The monoisotopic (exact) mass is 375 g/mol. The molecule has 0 aromatic carbocycles. The molecule has 2 aromatic heterocycles. The number of rotatable bonds is 9. The lowest BCUT2D eigenvalue weighted by molar-refractivity contribution is 0.298. The Kier molecular flexibility index (Phi) is 7.84. The molecule has 27 heavy (non-hydrogen) atoms. The summed E-state index contributed by atoms with van der Waals surface area (Å²) in [5.74, 6) is 1.71. The maximum Gasteiger partial charge on any atom is 0.191 e. The number of hydrogen-bond donors (Lipinski definition) is 2. The molecule has 2 aromatic rings. The number of nitrogens with one attached hydrogen (secondary N) is 2. The molecule has 0 saturated heterocycles. The molecule has 0 amide bonds. The van der Waals surface area contributed by atoms with Crippen molar-refractivity contribution in [3.05, 3.63) is 35.0 Å². The Morgan fingerprint density at radius 1 is 1.26 bits per heavy atom. The van der Waals surface area contributed by atoms with Crippen LogP contribution in [0.25, 0.3) is 0 Å². The zero-order chi connectivity index (χ0) is 19.8. The fraction of sp³-hybridized carbons (Fsp3) is 0.632. The van der Waals surface area contributed by atoms with E-state index in [1.807, 2.05) is 17.9 Å². The summed E-state index contributed by atoms with van der Waals surface area (Å²) in [6.45, 7) is 8.32. The Labute approximate surface area is 162 Å². The van der Waals surface area contributed by atoms with E-state index in [1.54, 1.807) is 0 Å². The standard InChI is InChI=1S/C19H33N7O/c1-7-16-15(18(8-2)27-24-16)11-21-19(20-9-3)22-12-17(25(4)5)14-10-23-26(6)13-14/h10,13,17H,7-9,11-12H2,1-6H3,(H2,20,21,22). The largest absolute Gasteiger partial charge is 0.361 e. The third-order valence-electron chi connectivity index (χ3n) is 4.54. The molecular formula is C19H33N7O. The van der Waals surface area contributed by atoms with Crippen molar-refractivity contribution in [3.8, 4) is 0 Å². The molecule has 0 bridgehead atoms. The maximum absolute atomic E-state index is 5.44. The number of aryl methyl sites for hydroxylation is 3. The van der Waals surface area contributed by atoms with Gasteiger partial charge in [-0.15, -0.1) is 0 Å². The summed E-state index contributed by atoms with van der Waals surface area (Å²) >= 11 is 0. The minimum atomic E-state index is 0.204. The Hall–Kier alpha value is -2.35. The Morgan fingerprint density at radius 2 is 2.04 bits per heavy atom. The van der Waals surface area contributed by atoms with E-state index in [0.29, 0.717) is 6.54 Å². The van der Waals surface area contributed by atoms with Crippen molar-refractivity contribution in [1.29, 1.82) is 0 Å². The van der Waals surface area contributed by atoms with Crippen LogP contribution in [-0.2, 0) is 26.4 Å². The number of likely N-dealkylation sites (N-methyl/N-ethyl adjacent to an activating group) is 1. The van der Waals surface area contributed by atoms with Crippen LogP contribution in [0.3, 0.4) is 0 Å². The van der Waals surface area contributed by atoms with E-state index in [0.717, 1.165) is 48.9 Å². The Balaban J connectivity index is 2.10. The topological polar surface area (TPSA) is 83.5 Å². The summed E-state index contributed by atoms with van der Waals surface area (Å²) in [4.78, 5) is 6.94. The van der Waals surface area contributed by atoms with Gasteiger partial charge in [0, 0.05) is 43.9 Å². The van der Waals surface area contributed by atoms with Crippen LogP contribution < -0.4 is 10.6 Å². The fourth-order valence-corrected chi connectivity index (χ4v) is 3.02. The van der Waals surface area contributed by atoms with Gasteiger partial charge in [-0.1, -0.05) is 19.0 Å². The molecule has 2 N–H and O–H groups in total. The first-order valence-electron chi connectivity index (χ1n) is 9.63. The molecule has 2 rings (SSSR count). The molecule has 0 aliphatic carbocycles. The smallest absolute Gasteiger partial charge is 0.191 e. The predicted octanol–water partition coefficient (Wildman–Crippen LogP) is 1.89. The molecule has 0 aliphatic heterocycles. The third-order valence-corrected chi connectivity index (χ3v) is 4.54. The maximum atomic E-state index is 5.44. The van der Waals surface area contributed by atoms with Gasteiger partial charge in [-0.25, -0.2) is 4.99 Å². The summed E-state index contributed by atoms with van der Waals surface area (Å²) in [6, 6.07) is 0.204. The second-order valence-electron chi connectivity index (χ2n) is 6.74. The van der Waals surface area contributed by atoms with E-state index >= 15 is 0 Å². The van der Waals surface area contributed by atoms with Crippen LogP contribution in [0.4, 0.5) is 0 Å².